The van der Waals surface area contributed by atoms with Crippen LogP contribution in [0.2, 0.25) is 0 Å². The van der Waals surface area contributed by atoms with Crippen LogP contribution in [0.5, 0.6) is 0 Å². The molecule has 1 unspecified atom stereocenters. The molecule has 0 amide bonds. The lowest BCUT2D eigenvalue weighted by atomic mass is 9.94. The van der Waals surface area contributed by atoms with Crippen LogP contribution in [-0.4, -0.2) is 6.54 Å². The topological polar surface area (TPSA) is 12.0 Å². The van der Waals surface area contributed by atoms with Crippen molar-refractivity contribution in [2.75, 3.05) is 6.54 Å². The average molecular weight is 277 g/mol. The van der Waals surface area contributed by atoms with E-state index >= 15 is 0 Å². The van der Waals surface area contributed by atoms with E-state index in [0.717, 1.165) is 19.0 Å². The van der Waals surface area contributed by atoms with Crippen LogP contribution in [0.25, 0.3) is 11.1 Å². The third kappa shape index (κ3) is 4.05. The second-order valence-corrected chi connectivity index (χ2v) is 5.84. The van der Waals surface area contributed by atoms with E-state index < -0.39 is 0 Å². The van der Waals surface area contributed by atoms with Gasteiger partial charge >= 0.3 is 0 Å². The van der Waals surface area contributed by atoms with Gasteiger partial charge in [0, 0.05) is 6.54 Å². The largest absolute Gasteiger partial charge is 0.312 e. The Labute approximate surface area is 127 Å². The van der Waals surface area contributed by atoms with Crippen molar-refractivity contribution < 1.29 is 0 Å². The number of hydrogen-bond acceptors (Lipinski definition) is 1. The lowest BCUT2D eigenvalue weighted by Gasteiger charge is -2.18. The maximum Gasteiger partial charge on any atom is 0.0205 e. The summed E-state index contributed by atoms with van der Waals surface area (Å²) in [5, 5.41) is 3.60. The monoisotopic (exact) mass is 277 g/mol. The minimum Gasteiger partial charge on any atom is -0.312 e. The standard InChI is InChI=1S/C20H23N/c1-3-7-17(8-4-1)15-21-16-18-11-13-20(14-12-18)19-9-5-2-6-10-19/h1-3,5-6,9-14,17,21H,4,7-8,15-16H2. The van der Waals surface area contributed by atoms with E-state index in [1.165, 1.54) is 36.0 Å². The highest BCUT2D eigenvalue weighted by atomic mass is 14.9. The zero-order valence-corrected chi connectivity index (χ0v) is 12.5. The van der Waals surface area contributed by atoms with Gasteiger partial charge in [-0.15, -0.1) is 0 Å². The number of benzene rings is 2. The summed E-state index contributed by atoms with van der Waals surface area (Å²) in [5.74, 6) is 0.818. The van der Waals surface area contributed by atoms with Crippen LogP contribution >= 0.6 is 0 Å². The van der Waals surface area contributed by atoms with Gasteiger partial charge in [-0.2, -0.15) is 0 Å². The molecule has 21 heavy (non-hydrogen) atoms. The van der Waals surface area contributed by atoms with E-state index in [1.807, 2.05) is 0 Å². The molecule has 1 N–H and O–H groups in total. The minimum absolute atomic E-state index is 0.818. The lowest BCUT2D eigenvalue weighted by molar-refractivity contribution is 0.440. The van der Waals surface area contributed by atoms with Crippen molar-refractivity contribution in [2.45, 2.75) is 25.8 Å². The molecule has 108 valence electrons. The first kappa shape index (κ1) is 14.1. The van der Waals surface area contributed by atoms with Crippen molar-refractivity contribution in [2.24, 2.45) is 5.92 Å². The summed E-state index contributed by atoms with van der Waals surface area (Å²) < 4.78 is 0. The first-order valence-corrected chi connectivity index (χ1v) is 7.92. The molecule has 2 aromatic carbocycles. The Hall–Kier alpha value is -1.86. The molecule has 1 heteroatoms. The normalized spacial score (nSPS) is 17.8. The zero-order chi connectivity index (χ0) is 14.3. The van der Waals surface area contributed by atoms with Crippen LogP contribution in [0.1, 0.15) is 24.8 Å². The first-order chi connectivity index (χ1) is 10.4. The molecule has 0 saturated heterocycles. The van der Waals surface area contributed by atoms with E-state index in [0.29, 0.717) is 0 Å². The van der Waals surface area contributed by atoms with E-state index in [1.54, 1.807) is 0 Å². The molecule has 0 heterocycles. The fraction of sp³-hybridized carbons (Fsp3) is 0.300. The number of allylic oxidation sites excluding steroid dienone is 2. The Kier molecular flexibility index (Phi) is 4.86. The van der Waals surface area contributed by atoms with Crippen molar-refractivity contribution in [3.8, 4) is 11.1 Å². The van der Waals surface area contributed by atoms with Crippen LogP contribution in [0.15, 0.2) is 66.7 Å². The highest BCUT2D eigenvalue weighted by molar-refractivity contribution is 5.63. The maximum absolute atomic E-state index is 3.60. The minimum atomic E-state index is 0.818. The van der Waals surface area contributed by atoms with Crippen LogP contribution < -0.4 is 5.32 Å². The smallest absolute Gasteiger partial charge is 0.0205 e. The maximum atomic E-state index is 3.60. The molecule has 0 saturated carbocycles. The Morgan fingerprint density at radius 2 is 1.62 bits per heavy atom. The summed E-state index contributed by atoms with van der Waals surface area (Å²) in [4.78, 5) is 0. The molecule has 1 atom stereocenters. The second kappa shape index (κ2) is 7.24. The molecule has 1 aliphatic carbocycles. The van der Waals surface area contributed by atoms with Gasteiger partial charge in [-0.25, -0.2) is 0 Å². The van der Waals surface area contributed by atoms with Gasteiger partial charge in [-0.3, -0.25) is 0 Å². The molecule has 0 aromatic heterocycles. The number of rotatable bonds is 5. The van der Waals surface area contributed by atoms with Gasteiger partial charge in [0.05, 0.1) is 0 Å². The predicted molar refractivity (Wildman–Crippen MR) is 90.1 cm³/mol. The number of nitrogens with one attached hydrogen (secondary N) is 1. The average Bonchev–Trinajstić information content (AvgIpc) is 2.57. The summed E-state index contributed by atoms with van der Waals surface area (Å²) in [6, 6.07) is 19.4. The Morgan fingerprint density at radius 3 is 2.33 bits per heavy atom. The van der Waals surface area contributed by atoms with Crippen LogP contribution in [-0.2, 0) is 6.54 Å². The SMILES string of the molecule is C1=CCC(CNCc2ccc(-c3ccccc3)cc2)CC1. The predicted octanol–water partition coefficient (Wildman–Crippen LogP) is 4.80. The molecular weight excluding hydrogens is 254 g/mol. The van der Waals surface area contributed by atoms with Gasteiger partial charge in [0.1, 0.15) is 0 Å². The molecule has 3 rings (SSSR count). The van der Waals surface area contributed by atoms with Crippen molar-refractivity contribution in [1.82, 2.24) is 5.32 Å². The van der Waals surface area contributed by atoms with Gasteiger partial charge in [-0.1, -0.05) is 66.7 Å². The van der Waals surface area contributed by atoms with Crippen molar-refractivity contribution in [3.05, 3.63) is 72.3 Å². The zero-order valence-electron chi connectivity index (χ0n) is 12.5. The summed E-state index contributed by atoms with van der Waals surface area (Å²) >= 11 is 0. The van der Waals surface area contributed by atoms with Gasteiger partial charge in [0.25, 0.3) is 0 Å². The Bertz CT molecular complexity index is 569. The second-order valence-electron chi connectivity index (χ2n) is 5.84. The van der Waals surface area contributed by atoms with Crippen LogP contribution in [0.4, 0.5) is 0 Å². The quantitative estimate of drug-likeness (QED) is 0.774. The van der Waals surface area contributed by atoms with Gasteiger partial charge in [0.15, 0.2) is 0 Å². The summed E-state index contributed by atoms with van der Waals surface area (Å²) in [7, 11) is 0. The molecule has 1 nitrogen and oxygen atoms in total. The Morgan fingerprint density at radius 1 is 0.857 bits per heavy atom. The van der Waals surface area contributed by atoms with Crippen LogP contribution in [0.3, 0.4) is 0 Å². The highest BCUT2D eigenvalue weighted by Gasteiger charge is 2.08. The molecule has 1 aliphatic rings. The van der Waals surface area contributed by atoms with Gasteiger partial charge < -0.3 is 5.32 Å². The number of hydrogen-bond donors (Lipinski definition) is 1. The third-order valence-electron chi connectivity index (χ3n) is 4.20. The van der Waals surface area contributed by atoms with E-state index in [-0.39, 0.29) is 0 Å². The highest BCUT2D eigenvalue weighted by Crippen LogP contribution is 2.20. The first-order valence-electron chi connectivity index (χ1n) is 7.92. The van der Waals surface area contributed by atoms with E-state index in [4.69, 9.17) is 0 Å². The summed E-state index contributed by atoms with van der Waals surface area (Å²) in [6.07, 6.45) is 8.44. The molecule has 0 bridgehead atoms. The summed E-state index contributed by atoms with van der Waals surface area (Å²) in [6.45, 7) is 2.10. The van der Waals surface area contributed by atoms with Crippen molar-refractivity contribution >= 4 is 0 Å². The molecule has 2 aromatic rings. The van der Waals surface area contributed by atoms with Gasteiger partial charge in [-0.05, 0) is 48.4 Å². The molecule has 0 spiro atoms. The van der Waals surface area contributed by atoms with Crippen molar-refractivity contribution in [1.29, 1.82) is 0 Å². The van der Waals surface area contributed by atoms with Crippen molar-refractivity contribution in [3.63, 3.8) is 0 Å². The molecule has 0 radical (unpaired) electrons. The Balaban J connectivity index is 1.51. The van der Waals surface area contributed by atoms with Crippen LogP contribution in [0, 0.1) is 5.92 Å². The van der Waals surface area contributed by atoms with E-state index in [9.17, 15) is 0 Å². The van der Waals surface area contributed by atoms with E-state index in [2.05, 4.69) is 72.1 Å². The molecule has 0 aliphatic heterocycles. The van der Waals surface area contributed by atoms with Gasteiger partial charge in [0.2, 0.25) is 0 Å². The summed E-state index contributed by atoms with van der Waals surface area (Å²) in [5.41, 5.74) is 3.93. The molecule has 0 fully saturated rings. The lowest BCUT2D eigenvalue weighted by Crippen LogP contribution is -2.23. The third-order valence-corrected chi connectivity index (χ3v) is 4.20. The molecular formula is C20H23N. The fourth-order valence-corrected chi connectivity index (χ4v) is 2.91. The fourth-order valence-electron chi connectivity index (χ4n) is 2.91.